The zero-order valence-corrected chi connectivity index (χ0v) is 14.9. The van der Waals surface area contributed by atoms with Gasteiger partial charge in [-0.1, -0.05) is 30.0 Å². The summed E-state index contributed by atoms with van der Waals surface area (Å²) < 4.78 is 5.29. The largest absolute Gasteiger partial charge is 0.481 e. The average Bonchev–Trinajstić information content (AvgIpc) is 2.63. The van der Waals surface area contributed by atoms with Crippen LogP contribution in [0.3, 0.4) is 0 Å². The average molecular weight is 343 g/mol. The highest BCUT2D eigenvalue weighted by Gasteiger charge is 2.19. The molecular formula is C19H25N3OS. The van der Waals surface area contributed by atoms with Crippen LogP contribution in [0.25, 0.3) is 0 Å². The molecule has 4 nitrogen and oxygen atoms in total. The van der Waals surface area contributed by atoms with E-state index >= 15 is 0 Å². The highest BCUT2D eigenvalue weighted by molar-refractivity contribution is 7.99. The fourth-order valence-corrected chi connectivity index (χ4v) is 3.90. The van der Waals surface area contributed by atoms with Crippen molar-refractivity contribution in [2.75, 3.05) is 19.0 Å². The minimum atomic E-state index is 0.396. The van der Waals surface area contributed by atoms with E-state index < -0.39 is 0 Å². The highest BCUT2D eigenvalue weighted by Crippen LogP contribution is 2.34. The molecule has 0 spiro atoms. The van der Waals surface area contributed by atoms with Crippen molar-refractivity contribution >= 4 is 17.4 Å². The molecule has 1 aliphatic carbocycles. The van der Waals surface area contributed by atoms with Gasteiger partial charge in [-0.05, 0) is 49.8 Å². The predicted molar refractivity (Wildman–Crippen MR) is 99.8 cm³/mol. The number of anilines is 1. The Kier molecular flexibility index (Phi) is 5.99. The van der Waals surface area contributed by atoms with Crippen LogP contribution in [0.5, 0.6) is 5.88 Å². The molecule has 128 valence electrons. The molecule has 3 N–H and O–H groups in total. The fourth-order valence-electron chi connectivity index (χ4n) is 3.00. The third-order valence-corrected chi connectivity index (χ3v) is 5.49. The first-order valence-electron chi connectivity index (χ1n) is 8.52. The van der Waals surface area contributed by atoms with Crippen LogP contribution in [-0.2, 0) is 0 Å². The van der Waals surface area contributed by atoms with E-state index in [9.17, 15) is 0 Å². The standard InChI is InChI=1S/C19H25N3OS/c1-23-18-12-11-17(21-13-14-7-9-15(20)10-8-14)19(22-18)24-16-5-3-2-4-6-16/h2-6,11-12,14-15,21H,7-10,13,20H2,1H3/t14-,15-. The van der Waals surface area contributed by atoms with Gasteiger partial charge in [-0.2, -0.15) is 0 Å². The van der Waals surface area contributed by atoms with Gasteiger partial charge in [0.1, 0.15) is 5.03 Å². The molecule has 0 saturated heterocycles. The summed E-state index contributed by atoms with van der Waals surface area (Å²) in [5.74, 6) is 1.34. The smallest absolute Gasteiger partial charge is 0.214 e. The van der Waals surface area contributed by atoms with Gasteiger partial charge < -0.3 is 15.8 Å². The van der Waals surface area contributed by atoms with Gasteiger partial charge in [0.05, 0.1) is 12.8 Å². The van der Waals surface area contributed by atoms with Crippen LogP contribution < -0.4 is 15.8 Å². The molecule has 2 aromatic rings. The van der Waals surface area contributed by atoms with E-state index in [2.05, 4.69) is 28.5 Å². The second-order valence-electron chi connectivity index (χ2n) is 6.28. The summed E-state index contributed by atoms with van der Waals surface area (Å²) >= 11 is 1.66. The van der Waals surface area contributed by atoms with Crippen molar-refractivity contribution in [3.8, 4) is 5.88 Å². The summed E-state index contributed by atoms with van der Waals surface area (Å²) in [7, 11) is 1.65. The van der Waals surface area contributed by atoms with E-state index in [4.69, 9.17) is 10.5 Å². The van der Waals surface area contributed by atoms with Crippen molar-refractivity contribution in [1.82, 2.24) is 4.98 Å². The number of aromatic nitrogens is 1. The quantitative estimate of drug-likeness (QED) is 0.824. The van der Waals surface area contributed by atoms with Crippen molar-refractivity contribution < 1.29 is 4.74 Å². The van der Waals surface area contributed by atoms with Crippen molar-refractivity contribution in [3.05, 3.63) is 42.5 Å². The summed E-state index contributed by atoms with van der Waals surface area (Å²) in [6, 6.07) is 14.7. The third kappa shape index (κ3) is 4.65. The molecule has 5 heteroatoms. The fraction of sp³-hybridized carbons (Fsp3) is 0.421. The van der Waals surface area contributed by atoms with E-state index in [0.717, 1.165) is 30.1 Å². The van der Waals surface area contributed by atoms with E-state index in [1.165, 1.54) is 17.7 Å². The number of pyridine rings is 1. The number of methoxy groups -OCH3 is 1. The van der Waals surface area contributed by atoms with Crippen molar-refractivity contribution in [2.45, 2.75) is 41.6 Å². The number of hydrogen-bond donors (Lipinski definition) is 2. The zero-order chi connectivity index (χ0) is 16.8. The third-order valence-electron chi connectivity index (χ3n) is 4.47. The normalized spacial score (nSPS) is 20.6. The van der Waals surface area contributed by atoms with Crippen LogP contribution in [-0.4, -0.2) is 24.7 Å². The number of hydrogen-bond acceptors (Lipinski definition) is 5. The number of benzene rings is 1. The molecule has 0 aliphatic heterocycles. The molecule has 1 fully saturated rings. The molecule has 0 unspecified atom stereocenters. The van der Waals surface area contributed by atoms with Crippen molar-refractivity contribution in [3.63, 3.8) is 0 Å². The molecule has 0 bridgehead atoms. The van der Waals surface area contributed by atoms with E-state index in [0.29, 0.717) is 17.8 Å². The Labute approximate surface area is 148 Å². The molecule has 0 radical (unpaired) electrons. The summed E-state index contributed by atoms with van der Waals surface area (Å²) in [5, 5.41) is 4.54. The Hall–Kier alpha value is -1.72. The zero-order valence-electron chi connectivity index (χ0n) is 14.1. The minimum Gasteiger partial charge on any atom is -0.481 e. The molecule has 0 amide bonds. The molecule has 3 rings (SSSR count). The Morgan fingerprint density at radius 3 is 2.58 bits per heavy atom. The molecule has 1 aliphatic rings. The maximum Gasteiger partial charge on any atom is 0.214 e. The summed E-state index contributed by atoms with van der Waals surface area (Å²) in [4.78, 5) is 5.79. The lowest BCUT2D eigenvalue weighted by Gasteiger charge is -2.26. The predicted octanol–water partition coefficient (Wildman–Crippen LogP) is 4.17. The second-order valence-corrected chi connectivity index (χ2v) is 7.35. The van der Waals surface area contributed by atoms with Crippen molar-refractivity contribution in [1.29, 1.82) is 0 Å². The van der Waals surface area contributed by atoms with Crippen LogP contribution in [0.15, 0.2) is 52.4 Å². The summed E-state index contributed by atoms with van der Waals surface area (Å²) in [6.07, 6.45) is 4.69. The van der Waals surface area contributed by atoms with Gasteiger partial charge in [-0.3, -0.25) is 0 Å². The molecule has 1 saturated carbocycles. The first kappa shape index (κ1) is 17.1. The first-order chi connectivity index (χ1) is 11.7. The van der Waals surface area contributed by atoms with Gasteiger partial charge >= 0.3 is 0 Å². The van der Waals surface area contributed by atoms with Gasteiger partial charge in [-0.15, -0.1) is 0 Å². The number of nitrogens with zero attached hydrogens (tertiary/aromatic N) is 1. The first-order valence-corrected chi connectivity index (χ1v) is 9.33. The number of nitrogens with one attached hydrogen (secondary N) is 1. The van der Waals surface area contributed by atoms with Crippen molar-refractivity contribution in [2.24, 2.45) is 11.7 Å². The minimum absolute atomic E-state index is 0.396. The Bertz CT molecular complexity index is 642. The molecule has 1 aromatic carbocycles. The molecule has 24 heavy (non-hydrogen) atoms. The van der Waals surface area contributed by atoms with Gasteiger partial charge in [0.25, 0.3) is 0 Å². The Morgan fingerprint density at radius 2 is 1.88 bits per heavy atom. The Morgan fingerprint density at radius 1 is 1.12 bits per heavy atom. The van der Waals surface area contributed by atoms with Gasteiger partial charge in [-0.25, -0.2) is 4.98 Å². The molecule has 1 heterocycles. The monoisotopic (exact) mass is 343 g/mol. The number of nitrogens with two attached hydrogens (primary N) is 1. The summed E-state index contributed by atoms with van der Waals surface area (Å²) in [5.41, 5.74) is 7.07. The second kappa shape index (κ2) is 8.40. The number of rotatable bonds is 6. The van der Waals surface area contributed by atoms with E-state index in [1.807, 2.05) is 24.3 Å². The number of ether oxygens (including phenoxy) is 1. The van der Waals surface area contributed by atoms with Crippen LogP contribution in [0.2, 0.25) is 0 Å². The van der Waals surface area contributed by atoms with Gasteiger partial charge in [0, 0.05) is 23.5 Å². The maximum absolute atomic E-state index is 6.00. The van der Waals surface area contributed by atoms with Gasteiger partial charge in [0.2, 0.25) is 5.88 Å². The molecular weight excluding hydrogens is 318 g/mol. The van der Waals surface area contributed by atoms with Crippen LogP contribution in [0, 0.1) is 5.92 Å². The molecule has 0 atom stereocenters. The van der Waals surface area contributed by atoms with Crippen LogP contribution in [0.4, 0.5) is 5.69 Å². The highest BCUT2D eigenvalue weighted by atomic mass is 32.2. The lowest BCUT2D eigenvalue weighted by molar-refractivity contribution is 0.338. The molecule has 1 aromatic heterocycles. The van der Waals surface area contributed by atoms with Crippen LogP contribution in [0.1, 0.15) is 25.7 Å². The SMILES string of the molecule is COc1ccc(NC[C@H]2CC[C@H](N)CC2)c(Sc2ccccc2)n1. The lowest BCUT2D eigenvalue weighted by Crippen LogP contribution is -2.29. The Balaban J connectivity index is 1.69. The van der Waals surface area contributed by atoms with E-state index in [-0.39, 0.29) is 0 Å². The summed E-state index contributed by atoms with van der Waals surface area (Å²) in [6.45, 7) is 0.975. The van der Waals surface area contributed by atoms with Gasteiger partial charge in [0.15, 0.2) is 0 Å². The van der Waals surface area contributed by atoms with E-state index in [1.54, 1.807) is 18.9 Å². The van der Waals surface area contributed by atoms with Crippen LogP contribution >= 0.6 is 11.8 Å². The lowest BCUT2D eigenvalue weighted by atomic mass is 9.86. The maximum atomic E-state index is 6.00. The topological polar surface area (TPSA) is 60.2 Å².